The van der Waals surface area contributed by atoms with Gasteiger partial charge in [0.25, 0.3) is 0 Å². The number of nitrogens with zero attached hydrogens (tertiary/aromatic N) is 7. The van der Waals surface area contributed by atoms with Gasteiger partial charge in [-0.2, -0.15) is 20.2 Å². The number of H-pyrrole nitrogens is 2. The standard InChI is InChI=1S/C37H31ClN12O4/c38-19-16-39-49-31(19)33-30-24(10-6-12-26(30)52)50(35(44-33)46-37-42-21-8-2-4-14-28(21)54-37)17-18-15-23(48-47-18)32-29-22(9-5-11-25(29)51)40-34(43-32)45-36-41-20-7-1-3-13-27(20)53-36/h1-4,7-8,13-16,32-33H,5-6,9-12,17H2,(H,39,49)(H,47,48)(H,42,44,46)(H2,40,41,43,45). The van der Waals surface area contributed by atoms with Gasteiger partial charge in [0.2, 0.25) is 11.9 Å². The predicted molar refractivity (Wildman–Crippen MR) is 198 cm³/mol. The van der Waals surface area contributed by atoms with Crippen molar-refractivity contribution in [2.75, 3.05) is 10.6 Å². The molecule has 10 rings (SSSR count). The first-order valence-electron chi connectivity index (χ1n) is 17.7. The van der Waals surface area contributed by atoms with E-state index in [1.54, 1.807) is 0 Å². The number of carbonyl (C=O) groups is 2. The van der Waals surface area contributed by atoms with Crippen LogP contribution in [-0.4, -0.2) is 58.7 Å². The molecule has 0 bridgehead atoms. The molecule has 0 radical (unpaired) electrons. The molecule has 5 N–H and O–H groups in total. The molecule has 6 aromatic rings. The van der Waals surface area contributed by atoms with E-state index in [1.807, 2.05) is 59.5 Å². The normalized spacial score (nSPS) is 20.2. The van der Waals surface area contributed by atoms with Gasteiger partial charge in [0, 0.05) is 35.4 Å². The highest BCUT2D eigenvalue weighted by atomic mass is 35.5. The maximum absolute atomic E-state index is 13.6. The number of anilines is 2. The molecule has 0 amide bonds. The number of aromatic amines is 2. The van der Waals surface area contributed by atoms with Crippen LogP contribution in [0.4, 0.5) is 12.0 Å². The van der Waals surface area contributed by atoms with E-state index >= 15 is 0 Å². The molecule has 0 fully saturated rings. The van der Waals surface area contributed by atoms with E-state index in [1.165, 1.54) is 6.20 Å². The second-order valence-corrected chi connectivity index (χ2v) is 13.8. The number of oxazole rings is 2. The number of hydrogen-bond acceptors (Lipinski definition) is 14. The number of allylic oxidation sites excluding steroid dienone is 2. The Morgan fingerprint density at radius 1 is 0.815 bits per heavy atom. The van der Waals surface area contributed by atoms with Crippen LogP contribution in [0.1, 0.15) is 67.7 Å². The van der Waals surface area contributed by atoms with Gasteiger partial charge in [-0.15, -0.1) is 0 Å². The Kier molecular flexibility index (Phi) is 7.64. The van der Waals surface area contributed by atoms with E-state index in [0.29, 0.717) is 99.5 Å². The number of ketones is 2. The van der Waals surface area contributed by atoms with Crippen molar-refractivity contribution in [2.45, 2.75) is 57.2 Å². The van der Waals surface area contributed by atoms with Gasteiger partial charge in [0.05, 0.1) is 34.8 Å². The number of aliphatic imine (C=N–C) groups is 2. The number of rotatable bonds is 6. The first-order chi connectivity index (χ1) is 26.4. The van der Waals surface area contributed by atoms with E-state index in [9.17, 15) is 9.59 Å². The lowest BCUT2D eigenvalue weighted by Crippen LogP contribution is -2.42. The Balaban J connectivity index is 1.01. The fourth-order valence-electron chi connectivity index (χ4n) is 7.55. The number of aromatic nitrogens is 6. The van der Waals surface area contributed by atoms with Gasteiger partial charge in [-0.05, 0) is 56.0 Å². The number of fused-ring (bicyclic) bond motifs is 2. The van der Waals surface area contributed by atoms with Crippen molar-refractivity contribution in [3.63, 3.8) is 0 Å². The molecule has 4 aromatic heterocycles. The number of halogens is 1. The SMILES string of the molecule is O=C1CCCC2=C1C(c1cc(CN3C(Nc4nc5ccccc5o4)=NC(c4[nH]ncc4Cl)C4=C3CCCC4=O)[nH]n1)N=C(Nc1nc3ccccc3o1)N2. The highest BCUT2D eigenvalue weighted by Gasteiger charge is 2.40. The highest BCUT2D eigenvalue weighted by molar-refractivity contribution is 6.31. The molecule has 16 nitrogen and oxygen atoms in total. The van der Waals surface area contributed by atoms with E-state index in [0.717, 1.165) is 17.8 Å². The molecule has 17 heteroatoms. The second-order valence-electron chi connectivity index (χ2n) is 13.4. The Hall–Kier alpha value is -6.55. The molecule has 0 spiro atoms. The second kappa shape index (κ2) is 12.8. The van der Waals surface area contributed by atoms with Crippen LogP contribution in [0.2, 0.25) is 5.02 Å². The highest BCUT2D eigenvalue weighted by Crippen LogP contribution is 2.42. The van der Waals surface area contributed by atoms with Gasteiger partial charge >= 0.3 is 12.0 Å². The van der Waals surface area contributed by atoms with Crippen molar-refractivity contribution >= 4 is 69.3 Å². The minimum absolute atomic E-state index is 0.00910. The fourth-order valence-corrected chi connectivity index (χ4v) is 7.74. The van der Waals surface area contributed by atoms with Crippen molar-refractivity contribution in [3.05, 3.63) is 105 Å². The number of nitrogens with one attached hydrogen (secondary N) is 5. The van der Waals surface area contributed by atoms with Gasteiger partial charge < -0.3 is 19.1 Å². The molecule has 2 aromatic carbocycles. The van der Waals surface area contributed by atoms with Crippen molar-refractivity contribution in [1.82, 2.24) is 40.6 Å². The summed E-state index contributed by atoms with van der Waals surface area (Å²) in [6.07, 6.45) is 5.02. The van der Waals surface area contributed by atoms with Gasteiger partial charge in [-0.25, -0.2) is 9.98 Å². The van der Waals surface area contributed by atoms with Crippen LogP contribution in [0.5, 0.6) is 0 Å². The van der Waals surface area contributed by atoms with Gasteiger partial charge in [0.1, 0.15) is 23.1 Å². The fraction of sp³-hybridized carbons (Fsp3) is 0.243. The molecule has 0 saturated heterocycles. The smallest absolute Gasteiger partial charge is 0.302 e. The zero-order valence-corrected chi connectivity index (χ0v) is 29.3. The van der Waals surface area contributed by atoms with Crippen LogP contribution in [0.15, 0.2) is 102 Å². The first kappa shape index (κ1) is 32.1. The minimum Gasteiger partial charge on any atom is -0.423 e. The maximum atomic E-state index is 13.6. The van der Waals surface area contributed by atoms with E-state index in [2.05, 4.69) is 46.3 Å². The number of carbonyl (C=O) groups excluding carboxylic acids is 2. The maximum Gasteiger partial charge on any atom is 0.302 e. The van der Waals surface area contributed by atoms with Crippen molar-refractivity contribution < 1.29 is 18.4 Å². The summed E-state index contributed by atoms with van der Waals surface area (Å²) in [5, 5.41) is 25.0. The summed E-state index contributed by atoms with van der Waals surface area (Å²) in [4.78, 5) is 48.1. The number of benzene rings is 2. The Bertz CT molecular complexity index is 2560. The number of guanidine groups is 2. The van der Waals surface area contributed by atoms with Crippen LogP contribution in [0, 0.1) is 0 Å². The van der Waals surface area contributed by atoms with E-state index < -0.39 is 12.1 Å². The lowest BCUT2D eigenvalue weighted by atomic mass is 9.87. The zero-order valence-electron chi connectivity index (χ0n) is 28.5. The predicted octanol–water partition coefficient (Wildman–Crippen LogP) is 6.22. The molecule has 54 heavy (non-hydrogen) atoms. The largest absolute Gasteiger partial charge is 0.423 e. The van der Waals surface area contributed by atoms with E-state index in [4.69, 9.17) is 30.4 Å². The first-order valence-corrected chi connectivity index (χ1v) is 18.0. The molecule has 2 atom stereocenters. The van der Waals surface area contributed by atoms with Crippen LogP contribution in [0.3, 0.4) is 0 Å². The summed E-state index contributed by atoms with van der Waals surface area (Å²) in [5.74, 6) is 0.815. The summed E-state index contributed by atoms with van der Waals surface area (Å²) in [7, 11) is 0. The Morgan fingerprint density at radius 3 is 2.24 bits per heavy atom. The van der Waals surface area contributed by atoms with E-state index in [-0.39, 0.29) is 30.1 Å². The summed E-state index contributed by atoms with van der Waals surface area (Å²) < 4.78 is 11.9. The third kappa shape index (κ3) is 5.62. The molecular formula is C37H31ClN12O4. The van der Waals surface area contributed by atoms with Gasteiger partial charge in [0.15, 0.2) is 22.7 Å². The Labute approximate surface area is 310 Å². The van der Waals surface area contributed by atoms with Crippen LogP contribution >= 0.6 is 11.6 Å². The number of hydrogen-bond donors (Lipinski definition) is 5. The number of para-hydroxylation sites is 4. The average molecular weight is 743 g/mol. The minimum atomic E-state index is -0.720. The van der Waals surface area contributed by atoms with Gasteiger partial charge in [-0.1, -0.05) is 35.9 Å². The Morgan fingerprint density at radius 2 is 1.52 bits per heavy atom. The van der Waals surface area contributed by atoms with Crippen LogP contribution in [0.25, 0.3) is 22.2 Å². The zero-order chi connectivity index (χ0) is 36.3. The monoisotopic (exact) mass is 742 g/mol. The molecule has 2 aliphatic heterocycles. The molecule has 270 valence electrons. The number of Topliss-reactive ketones (excluding diaryl/α,β-unsaturated/α-hetero) is 2. The quantitative estimate of drug-likeness (QED) is 0.129. The molecular weight excluding hydrogens is 712 g/mol. The molecule has 2 aliphatic carbocycles. The topological polar surface area (TPSA) is 208 Å². The van der Waals surface area contributed by atoms with Crippen LogP contribution < -0.4 is 16.0 Å². The molecule has 6 heterocycles. The molecule has 4 aliphatic rings. The molecule has 0 saturated carbocycles. The lowest BCUT2D eigenvalue weighted by Gasteiger charge is -2.37. The summed E-state index contributed by atoms with van der Waals surface area (Å²) in [5.41, 5.74) is 7.15. The summed E-state index contributed by atoms with van der Waals surface area (Å²) in [6.45, 7) is 0.247. The lowest BCUT2D eigenvalue weighted by molar-refractivity contribution is -0.117. The third-order valence-corrected chi connectivity index (χ3v) is 10.3. The van der Waals surface area contributed by atoms with Crippen LogP contribution in [-0.2, 0) is 16.1 Å². The summed E-state index contributed by atoms with van der Waals surface area (Å²) >= 11 is 6.56. The van der Waals surface area contributed by atoms with Crippen molar-refractivity contribution in [3.8, 4) is 0 Å². The average Bonchev–Trinajstić information content (AvgIpc) is 3.99. The third-order valence-electron chi connectivity index (χ3n) is 9.98. The van der Waals surface area contributed by atoms with Gasteiger partial charge in [-0.3, -0.25) is 30.4 Å². The summed E-state index contributed by atoms with van der Waals surface area (Å²) in [6, 6.07) is 15.9. The molecule has 2 unspecified atom stereocenters. The van der Waals surface area contributed by atoms with Crippen molar-refractivity contribution in [1.29, 1.82) is 0 Å². The van der Waals surface area contributed by atoms with Crippen molar-refractivity contribution in [2.24, 2.45) is 9.98 Å².